The normalized spacial score (nSPS) is 10.7. The number of alkyl halides is 2. The lowest BCUT2D eigenvalue weighted by Gasteiger charge is -2.24. The average molecular weight is 644 g/mol. The van der Waals surface area contributed by atoms with Crippen molar-refractivity contribution in [1.82, 2.24) is 31.1 Å². The van der Waals surface area contributed by atoms with Crippen molar-refractivity contribution in [2.75, 3.05) is 64.1 Å². The third-order valence-corrected chi connectivity index (χ3v) is 5.13. The smallest absolute Gasteiger partial charge is 0.407 e. The van der Waals surface area contributed by atoms with Gasteiger partial charge >= 0.3 is 12.2 Å². The van der Waals surface area contributed by atoms with Gasteiger partial charge in [-0.15, -0.1) is 23.2 Å². The number of nitrogens with zero attached hydrogens (tertiary/aromatic N) is 2. The van der Waals surface area contributed by atoms with E-state index in [4.69, 9.17) is 32.7 Å². The fourth-order valence-corrected chi connectivity index (χ4v) is 3.01. The number of amides is 6. The third kappa shape index (κ3) is 25.9. The lowest BCUT2D eigenvalue weighted by Crippen LogP contribution is -2.43. The van der Waals surface area contributed by atoms with Crippen molar-refractivity contribution in [3.05, 3.63) is 0 Å². The van der Waals surface area contributed by atoms with E-state index in [1.165, 1.54) is 23.6 Å². The minimum atomic E-state index is -0.568. The second-order valence-electron chi connectivity index (χ2n) is 10.8. The molecule has 42 heavy (non-hydrogen) atoms. The second-order valence-corrected chi connectivity index (χ2v) is 11.4. The lowest BCUT2D eigenvalue weighted by molar-refractivity contribution is -0.130. The number of nitrogens with one attached hydrogen (secondary N) is 4. The summed E-state index contributed by atoms with van der Waals surface area (Å²) in [6.07, 6.45) is -1.06. The van der Waals surface area contributed by atoms with Crippen LogP contribution in [0.5, 0.6) is 0 Å². The van der Waals surface area contributed by atoms with E-state index in [-0.39, 0.29) is 48.5 Å². The molecule has 0 aliphatic carbocycles. The van der Waals surface area contributed by atoms with Crippen LogP contribution in [-0.4, -0.2) is 121 Å². The SMILES string of the molecule is CC(=O)N(CCNC(=O)CCl)CCNC(=O)CCl.CC(=O)N(CCNC(=O)OC(C)(C)C)CCNC(=O)OC(C)(C)C. The first-order valence-corrected chi connectivity index (χ1v) is 14.5. The van der Waals surface area contributed by atoms with Crippen molar-refractivity contribution in [2.24, 2.45) is 0 Å². The Labute approximate surface area is 258 Å². The first-order valence-electron chi connectivity index (χ1n) is 13.4. The minimum Gasteiger partial charge on any atom is -0.444 e. The zero-order valence-electron chi connectivity index (χ0n) is 26.0. The molecule has 16 heteroatoms. The van der Waals surface area contributed by atoms with E-state index in [1.807, 2.05) is 0 Å². The summed E-state index contributed by atoms with van der Waals surface area (Å²) in [4.78, 5) is 70.8. The molecular formula is C26H48Cl2N6O8. The van der Waals surface area contributed by atoms with E-state index >= 15 is 0 Å². The molecule has 0 aliphatic heterocycles. The van der Waals surface area contributed by atoms with Gasteiger partial charge in [0.2, 0.25) is 23.6 Å². The summed E-state index contributed by atoms with van der Waals surface area (Å²) in [5, 5.41) is 10.3. The summed E-state index contributed by atoms with van der Waals surface area (Å²) < 4.78 is 10.2. The Hall–Kier alpha value is -3.00. The number of halogens is 2. The zero-order chi connectivity index (χ0) is 32.9. The fourth-order valence-electron chi connectivity index (χ4n) is 2.82. The van der Waals surface area contributed by atoms with Gasteiger partial charge in [-0.2, -0.15) is 0 Å². The van der Waals surface area contributed by atoms with Gasteiger partial charge in [0, 0.05) is 66.2 Å². The highest BCUT2D eigenvalue weighted by Gasteiger charge is 2.18. The Morgan fingerprint density at radius 1 is 0.548 bits per heavy atom. The molecule has 0 heterocycles. The van der Waals surface area contributed by atoms with Crippen LogP contribution < -0.4 is 21.3 Å². The van der Waals surface area contributed by atoms with Crippen LogP contribution in [-0.2, 0) is 28.7 Å². The van der Waals surface area contributed by atoms with Crippen molar-refractivity contribution < 1.29 is 38.2 Å². The molecular weight excluding hydrogens is 595 g/mol. The Morgan fingerprint density at radius 3 is 1.02 bits per heavy atom. The maximum Gasteiger partial charge on any atom is 0.407 e. The zero-order valence-corrected chi connectivity index (χ0v) is 27.5. The summed E-state index contributed by atoms with van der Waals surface area (Å²) in [5.74, 6) is -1.05. The fraction of sp³-hybridized carbons (Fsp3) is 0.769. The van der Waals surface area contributed by atoms with Gasteiger partial charge in [-0.05, 0) is 41.5 Å². The van der Waals surface area contributed by atoms with E-state index in [1.54, 1.807) is 41.5 Å². The van der Waals surface area contributed by atoms with E-state index in [0.29, 0.717) is 39.3 Å². The summed E-state index contributed by atoms with van der Waals surface area (Å²) in [6.45, 7) is 16.1. The van der Waals surface area contributed by atoms with Crippen LogP contribution in [0.15, 0.2) is 0 Å². The van der Waals surface area contributed by atoms with Gasteiger partial charge in [0.1, 0.15) is 23.0 Å². The topological polar surface area (TPSA) is 175 Å². The molecule has 244 valence electrons. The molecule has 0 rings (SSSR count). The average Bonchev–Trinajstić information content (AvgIpc) is 2.84. The standard InChI is InChI=1S/C16H31N3O5.C10H17Cl2N3O3/c1-12(20)19(10-8-17-13(21)23-15(2,3)4)11-9-18-14(22)24-16(5,6)7;1-8(16)15(4-2-13-9(17)6-11)5-3-14-10(18)7-12/h8-11H2,1-7H3,(H,17,21)(H,18,22);2-7H2,1H3,(H,13,17)(H,14,18). The summed E-state index contributed by atoms with van der Waals surface area (Å²) in [6, 6.07) is 0. The Bertz CT molecular complexity index is 822. The molecule has 0 saturated heterocycles. The molecule has 0 bridgehead atoms. The van der Waals surface area contributed by atoms with E-state index < -0.39 is 23.4 Å². The lowest BCUT2D eigenvalue weighted by atomic mass is 10.2. The predicted molar refractivity (Wildman–Crippen MR) is 160 cm³/mol. The van der Waals surface area contributed by atoms with E-state index in [0.717, 1.165) is 0 Å². The largest absolute Gasteiger partial charge is 0.444 e. The number of hydrogen-bond donors (Lipinski definition) is 4. The van der Waals surface area contributed by atoms with Crippen LogP contribution in [0.3, 0.4) is 0 Å². The predicted octanol–water partition coefficient (Wildman–Crippen LogP) is 1.43. The highest BCUT2D eigenvalue weighted by Crippen LogP contribution is 2.07. The first kappa shape index (κ1) is 41.1. The van der Waals surface area contributed by atoms with Crippen LogP contribution in [0.1, 0.15) is 55.4 Å². The van der Waals surface area contributed by atoms with Gasteiger partial charge in [-0.3, -0.25) is 19.2 Å². The highest BCUT2D eigenvalue weighted by atomic mass is 35.5. The van der Waals surface area contributed by atoms with Gasteiger partial charge in [0.25, 0.3) is 0 Å². The molecule has 4 N–H and O–H groups in total. The van der Waals surface area contributed by atoms with Crippen LogP contribution in [0.2, 0.25) is 0 Å². The molecule has 0 aromatic heterocycles. The number of rotatable bonds is 14. The number of carbonyl (C=O) groups is 6. The number of ether oxygens (including phenoxy) is 2. The molecule has 0 spiro atoms. The van der Waals surface area contributed by atoms with Crippen molar-refractivity contribution in [3.63, 3.8) is 0 Å². The molecule has 0 fully saturated rings. The third-order valence-electron chi connectivity index (χ3n) is 4.64. The molecule has 0 aromatic rings. The number of alkyl carbamates (subject to hydrolysis) is 2. The first-order chi connectivity index (χ1) is 19.3. The van der Waals surface area contributed by atoms with Crippen molar-refractivity contribution >= 4 is 59.0 Å². The molecule has 0 radical (unpaired) electrons. The van der Waals surface area contributed by atoms with Gasteiger partial charge < -0.3 is 40.5 Å². The van der Waals surface area contributed by atoms with Crippen LogP contribution in [0.25, 0.3) is 0 Å². The monoisotopic (exact) mass is 642 g/mol. The van der Waals surface area contributed by atoms with Gasteiger partial charge in [0.05, 0.1) is 0 Å². The van der Waals surface area contributed by atoms with E-state index in [2.05, 4.69) is 21.3 Å². The quantitative estimate of drug-likeness (QED) is 0.206. The van der Waals surface area contributed by atoms with E-state index in [9.17, 15) is 28.8 Å². The summed E-state index contributed by atoms with van der Waals surface area (Å²) >= 11 is 10.6. The number of hydrogen-bond acceptors (Lipinski definition) is 8. The summed E-state index contributed by atoms with van der Waals surface area (Å²) in [5.41, 5.74) is -1.14. The van der Waals surface area contributed by atoms with Crippen LogP contribution >= 0.6 is 23.2 Å². The molecule has 14 nitrogen and oxygen atoms in total. The molecule has 0 atom stereocenters. The van der Waals surface area contributed by atoms with Crippen LogP contribution in [0, 0.1) is 0 Å². The molecule has 0 unspecified atom stereocenters. The molecule has 0 aromatic carbocycles. The summed E-state index contributed by atoms with van der Waals surface area (Å²) in [7, 11) is 0. The van der Waals surface area contributed by atoms with Crippen molar-refractivity contribution in [2.45, 2.75) is 66.6 Å². The Kier molecular flexibility index (Phi) is 21.2. The molecule has 6 amide bonds. The second kappa shape index (κ2) is 21.7. The number of carbonyl (C=O) groups excluding carboxylic acids is 6. The minimum absolute atomic E-state index is 0.105. The van der Waals surface area contributed by atoms with Crippen molar-refractivity contribution in [3.8, 4) is 0 Å². The maximum atomic E-state index is 11.6. The molecule has 0 aliphatic rings. The van der Waals surface area contributed by atoms with Gasteiger partial charge in [0.15, 0.2) is 0 Å². The maximum absolute atomic E-state index is 11.6. The van der Waals surface area contributed by atoms with Gasteiger partial charge in [-0.1, -0.05) is 0 Å². The van der Waals surface area contributed by atoms with Crippen LogP contribution in [0.4, 0.5) is 9.59 Å². The van der Waals surface area contributed by atoms with Gasteiger partial charge in [-0.25, -0.2) is 9.59 Å². The highest BCUT2D eigenvalue weighted by molar-refractivity contribution is 6.27. The Balaban J connectivity index is 0. The van der Waals surface area contributed by atoms with Crippen molar-refractivity contribution in [1.29, 1.82) is 0 Å². The molecule has 0 saturated carbocycles. The Morgan fingerprint density at radius 2 is 0.810 bits per heavy atom.